The molecule has 0 saturated carbocycles. The number of ether oxygens (including phenoxy) is 1. The van der Waals surface area contributed by atoms with Crippen molar-refractivity contribution in [3.05, 3.63) is 101 Å². The maximum atomic E-state index is 14.0. The van der Waals surface area contributed by atoms with Gasteiger partial charge in [-0.1, -0.05) is 38.1 Å². The molecule has 4 amide bonds. The summed E-state index contributed by atoms with van der Waals surface area (Å²) < 4.78 is 7.81. The van der Waals surface area contributed by atoms with Gasteiger partial charge in [-0.2, -0.15) is 5.10 Å². The van der Waals surface area contributed by atoms with Crippen LogP contribution in [-0.2, 0) is 27.3 Å². The van der Waals surface area contributed by atoms with E-state index >= 15 is 0 Å². The Balaban J connectivity index is 1.42. The van der Waals surface area contributed by atoms with Gasteiger partial charge in [0.1, 0.15) is 35.4 Å². The van der Waals surface area contributed by atoms with Crippen LogP contribution < -0.4 is 20.7 Å². The van der Waals surface area contributed by atoms with Crippen LogP contribution in [0.25, 0.3) is 5.69 Å². The van der Waals surface area contributed by atoms with Crippen molar-refractivity contribution in [1.82, 2.24) is 30.6 Å². The number of likely N-dealkylation sites (N-methyl/N-ethyl adjacent to an activating group) is 1. The minimum atomic E-state index is -1.03. The monoisotopic (exact) mass is 666 g/mol. The van der Waals surface area contributed by atoms with Gasteiger partial charge in [0.05, 0.1) is 16.9 Å². The lowest BCUT2D eigenvalue weighted by atomic mass is 10.0. The number of nitrogens with one attached hydrogen (secondary N) is 3. The quantitative estimate of drug-likeness (QED) is 0.235. The molecule has 0 unspecified atom stereocenters. The number of rotatable bonds is 5. The summed E-state index contributed by atoms with van der Waals surface area (Å²) in [7, 11) is 1.68. The van der Waals surface area contributed by atoms with Gasteiger partial charge in [0.15, 0.2) is 0 Å². The zero-order valence-corrected chi connectivity index (χ0v) is 28.5. The second-order valence-corrected chi connectivity index (χ2v) is 12.8. The zero-order valence-electron chi connectivity index (χ0n) is 28.5. The van der Waals surface area contributed by atoms with Crippen LogP contribution >= 0.6 is 0 Å². The number of hydrogen-bond acceptors (Lipinski definition) is 7. The third-order valence-electron chi connectivity index (χ3n) is 8.37. The Hall–Kier alpha value is -5.65. The first-order valence-electron chi connectivity index (χ1n) is 16.2. The van der Waals surface area contributed by atoms with Crippen molar-refractivity contribution in [3.8, 4) is 22.9 Å². The van der Waals surface area contributed by atoms with E-state index in [1.165, 1.54) is 25.1 Å². The number of nitrogens with zero attached hydrogens (tertiary/aromatic N) is 3. The van der Waals surface area contributed by atoms with Crippen molar-refractivity contribution in [1.29, 1.82) is 0 Å². The second kappa shape index (κ2) is 14.6. The third-order valence-corrected chi connectivity index (χ3v) is 8.37. The molecule has 2 aliphatic heterocycles. The molecule has 12 heteroatoms. The van der Waals surface area contributed by atoms with Crippen molar-refractivity contribution in [2.45, 2.75) is 65.7 Å². The normalized spacial score (nSPS) is 18.5. The largest absolute Gasteiger partial charge is 0.507 e. The number of carbonyl (C=O) groups is 4. The SMILES string of the molecule is Cc1cc(C)n(-c2cccc(CN(C)C(=O)[C@H]3Cc4ccc(cc4)Oc4ccc(O)c(c4)C(=O)N[C@@H](C(C)C)C(=O)N[C@@H](C)C(=O)N3)c2)n1. The van der Waals surface area contributed by atoms with Crippen LogP contribution in [0.4, 0.5) is 0 Å². The molecule has 0 aliphatic carbocycles. The van der Waals surface area contributed by atoms with Gasteiger partial charge in [0.25, 0.3) is 5.91 Å². The smallest absolute Gasteiger partial charge is 0.255 e. The highest BCUT2D eigenvalue weighted by Gasteiger charge is 2.31. The summed E-state index contributed by atoms with van der Waals surface area (Å²) in [5.41, 5.74) is 4.35. The molecule has 3 heterocycles. The average Bonchev–Trinajstić information content (AvgIpc) is 3.41. The average molecular weight is 667 g/mol. The number of carbonyl (C=O) groups excluding carboxylic acids is 4. The van der Waals surface area contributed by atoms with Crippen molar-refractivity contribution in [3.63, 3.8) is 0 Å². The van der Waals surface area contributed by atoms with Crippen LogP contribution in [0.2, 0.25) is 0 Å². The number of hydrogen-bond donors (Lipinski definition) is 4. The first-order valence-corrected chi connectivity index (χ1v) is 16.2. The predicted octanol–water partition coefficient (Wildman–Crippen LogP) is 3.95. The van der Waals surface area contributed by atoms with E-state index in [1.807, 2.05) is 48.9 Å². The Morgan fingerprint density at radius 1 is 0.959 bits per heavy atom. The molecule has 4 N–H and O–H groups in total. The fourth-order valence-corrected chi connectivity index (χ4v) is 5.74. The van der Waals surface area contributed by atoms with Gasteiger partial charge in [-0.3, -0.25) is 19.2 Å². The molecule has 3 atom stereocenters. The minimum Gasteiger partial charge on any atom is -0.507 e. The topological polar surface area (TPSA) is 155 Å². The Labute approximate surface area is 285 Å². The zero-order chi connectivity index (χ0) is 35.4. The van der Waals surface area contributed by atoms with Gasteiger partial charge < -0.3 is 30.7 Å². The number of fused-ring (bicyclic) bond motifs is 11. The minimum absolute atomic E-state index is 0.0664. The summed E-state index contributed by atoms with van der Waals surface area (Å²) in [5.74, 6) is -2.01. The lowest BCUT2D eigenvalue weighted by Crippen LogP contribution is -2.57. The fourth-order valence-electron chi connectivity index (χ4n) is 5.74. The molecule has 49 heavy (non-hydrogen) atoms. The molecule has 256 valence electrons. The maximum absolute atomic E-state index is 14.0. The molecule has 2 aliphatic rings. The summed E-state index contributed by atoms with van der Waals surface area (Å²) in [6.45, 7) is 9.21. The Morgan fingerprint density at radius 2 is 1.67 bits per heavy atom. The van der Waals surface area contributed by atoms with E-state index in [0.717, 1.165) is 28.2 Å². The summed E-state index contributed by atoms with van der Waals surface area (Å²) in [6, 6.07) is 18.0. The van der Waals surface area contributed by atoms with E-state index in [9.17, 15) is 24.3 Å². The predicted molar refractivity (Wildman–Crippen MR) is 183 cm³/mol. The highest BCUT2D eigenvalue weighted by Crippen LogP contribution is 2.28. The molecule has 3 aromatic carbocycles. The third kappa shape index (κ3) is 8.26. The molecule has 6 rings (SSSR count). The Kier molecular flexibility index (Phi) is 10.4. The fraction of sp³-hybridized carbons (Fsp3) is 0.324. The van der Waals surface area contributed by atoms with Crippen LogP contribution in [0.5, 0.6) is 17.2 Å². The number of aromatic nitrogens is 2. The van der Waals surface area contributed by atoms with E-state index in [4.69, 9.17) is 4.74 Å². The highest BCUT2D eigenvalue weighted by atomic mass is 16.5. The van der Waals surface area contributed by atoms with Gasteiger partial charge >= 0.3 is 0 Å². The molecule has 0 fully saturated rings. The van der Waals surface area contributed by atoms with Crippen molar-refractivity contribution in [2.24, 2.45) is 5.92 Å². The molecule has 4 aromatic rings. The number of aryl methyl sites for hydroxylation is 2. The molecule has 0 spiro atoms. The van der Waals surface area contributed by atoms with E-state index in [0.29, 0.717) is 11.5 Å². The number of phenolic OH excluding ortho intramolecular Hbond substituents is 1. The van der Waals surface area contributed by atoms with E-state index in [-0.39, 0.29) is 36.1 Å². The van der Waals surface area contributed by atoms with Crippen LogP contribution in [0.3, 0.4) is 0 Å². The molecule has 12 nitrogen and oxygen atoms in total. The van der Waals surface area contributed by atoms with Gasteiger partial charge in [0, 0.05) is 25.7 Å². The van der Waals surface area contributed by atoms with E-state index in [2.05, 4.69) is 21.0 Å². The van der Waals surface area contributed by atoms with E-state index < -0.39 is 35.8 Å². The molecule has 0 radical (unpaired) electrons. The van der Waals surface area contributed by atoms with Gasteiger partial charge in [-0.15, -0.1) is 0 Å². The summed E-state index contributed by atoms with van der Waals surface area (Å²) >= 11 is 0. The van der Waals surface area contributed by atoms with Crippen LogP contribution in [0, 0.1) is 19.8 Å². The van der Waals surface area contributed by atoms with Gasteiger partial charge in [-0.05, 0) is 86.3 Å². The Morgan fingerprint density at radius 3 is 2.35 bits per heavy atom. The molecular formula is C37H42N6O6. The highest BCUT2D eigenvalue weighted by molar-refractivity contribution is 6.00. The number of benzene rings is 3. The number of aromatic hydroxyl groups is 1. The first-order chi connectivity index (χ1) is 23.3. The van der Waals surface area contributed by atoms with Gasteiger partial charge in [-0.25, -0.2) is 4.68 Å². The number of phenols is 1. The first kappa shape index (κ1) is 34.7. The molecular weight excluding hydrogens is 624 g/mol. The van der Waals surface area contributed by atoms with Crippen LogP contribution in [-0.4, -0.2) is 68.6 Å². The molecule has 0 saturated heterocycles. The maximum Gasteiger partial charge on any atom is 0.255 e. The van der Waals surface area contributed by atoms with E-state index in [1.54, 1.807) is 50.1 Å². The molecule has 1 aromatic heterocycles. The standard InChI is InChI=1S/C37H42N6O6/c1-21(2)33-36(47)38-24(5)34(45)39-31(37(48)42(6)20-26-8-7-9-27(17-26)43-23(4)16-22(3)41-43)18-25-10-12-28(13-11-25)49-29-14-15-32(44)30(19-29)35(46)40-33/h7-17,19,21,24,31,33,44H,18,20H2,1-6H3,(H,38,47)(H,39,45)(H,40,46)/t24-,31+,33-/m0/s1. The number of amides is 4. The molecule has 4 bridgehead atoms. The van der Waals surface area contributed by atoms with Gasteiger partial charge in [0.2, 0.25) is 17.7 Å². The second-order valence-electron chi connectivity index (χ2n) is 12.8. The van der Waals surface area contributed by atoms with Crippen molar-refractivity contribution in [2.75, 3.05) is 7.05 Å². The van der Waals surface area contributed by atoms with Crippen LogP contribution in [0.15, 0.2) is 72.8 Å². The lowest BCUT2D eigenvalue weighted by Gasteiger charge is -2.27. The Bertz CT molecular complexity index is 1870. The summed E-state index contributed by atoms with van der Waals surface area (Å²) in [4.78, 5) is 55.6. The summed E-state index contributed by atoms with van der Waals surface area (Å²) in [5, 5.41) is 23.2. The lowest BCUT2D eigenvalue weighted by molar-refractivity contribution is -0.136. The van der Waals surface area contributed by atoms with Crippen LogP contribution in [0.1, 0.15) is 53.6 Å². The summed E-state index contributed by atoms with van der Waals surface area (Å²) in [6.07, 6.45) is 0.176. The van der Waals surface area contributed by atoms with Crippen molar-refractivity contribution < 1.29 is 29.0 Å². The van der Waals surface area contributed by atoms with Crippen molar-refractivity contribution >= 4 is 23.6 Å².